The zero-order valence-electron chi connectivity index (χ0n) is 6.97. The summed E-state index contributed by atoms with van der Waals surface area (Å²) in [4.78, 5) is 11.3. The molecule has 2 nitrogen and oxygen atoms in total. The van der Waals surface area contributed by atoms with Gasteiger partial charge in [0.15, 0.2) is 0 Å². The highest BCUT2D eigenvalue weighted by Gasteiger charge is 2.03. The van der Waals surface area contributed by atoms with Crippen molar-refractivity contribution >= 4 is 25.0 Å². The van der Waals surface area contributed by atoms with E-state index in [2.05, 4.69) is 6.58 Å². The third kappa shape index (κ3) is 1.30. The normalized spacial score (nSPS) is 10.8. The van der Waals surface area contributed by atoms with E-state index in [1.54, 1.807) is 10.8 Å². The number of carbonyl (C=O) groups is 1. The predicted molar refractivity (Wildman–Crippen MR) is 55.3 cm³/mol. The van der Waals surface area contributed by atoms with Gasteiger partial charge in [0.05, 0.1) is 5.52 Å². The maximum atomic E-state index is 11.3. The van der Waals surface area contributed by atoms with Gasteiger partial charge >= 0.3 is 0 Å². The maximum absolute atomic E-state index is 11.3. The van der Waals surface area contributed by atoms with E-state index in [1.165, 1.54) is 6.08 Å². The van der Waals surface area contributed by atoms with Crippen molar-refractivity contribution in [3.63, 3.8) is 0 Å². The van der Waals surface area contributed by atoms with Crippen LogP contribution in [0.25, 0.3) is 10.9 Å². The van der Waals surface area contributed by atoms with Crippen LogP contribution in [0.2, 0.25) is 0 Å². The number of nitrogens with zero attached hydrogens (tertiary/aromatic N) is 1. The molecule has 0 spiro atoms. The number of hydrogen-bond acceptors (Lipinski definition) is 1. The number of carbonyl (C=O) groups excluding carboxylic acids is 1. The lowest BCUT2D eigenvalue weighted by Crippen LogP contribution is -2.03. The number of hydrogen-bond donors (Lipinski definition) is 0. The van der Waals surface area contributed by atoms with Gasteiger partial charge in [0.2, 0.25) is 0 Å². The summed E-state index contributed by atoms with van der Waals surface area (Å²) < 4.78 is 1.61. The van der Waals surface area contributed by atoms with Gasteiger partial charge in [-0.3, -0.25) is 9.36 Å². The molecule has 0 saturated heterocycles. The third-order valence-corrected chi connectivity index (χ3v) is 2.62. The highest BCUT2D eigenvalue weighted by Crippen LogP contribution is 2.19. The maximum Gasteiger partial charge on any atom is 0.254 e. The molecule has 2 aromatic heterocycles. The largest absolute Gasteiger partial charge is 0.283 e. The van der Waals surface area contributed by atoms with E-state index in [-0.39, 0.29) is 5.91 Å². The monoisotopic (exact) mass is 189 g/mol. The highest BCUT2D eigenvalue weighted by atomic mass is 31.0. The Morgan fingerprint density at radius 3 is 3.15 bits per heavy atom. The summed E-state index contributed by atoms with van der Waals surface area (Å²) in [5.41, 5.74) is 0.967. The smallest absolute Gasteiger partial charge is 0.254 e. The summed E-state index contributed by atoms with van der Waals surface area (Å²) in [7, 11) is 1.12. The minimum absolute atomic E-state index is 0.0806. The van der Waals surface area contributed by atoms with Crippen molar-refractivity contribution in [3.05, 3.63) is 42.6 Å². The molecule has 0 N–H and O–H groups in total. The quantitative estimate of drug-likeness (QED) is 0.632. The standard InChI is InChI=1S/C10H8NOP/c1-2-10(12)11-5-3-8-4-6-13-7-9(8)11/h2-7H,1H2. The van der Waals surface area contributed by atoms with Crippen molar-refractivity contribution in [3.8, 4) is 0 Å². The van der Waals surface area contributed by atoms with Crippen LogP contribution >= 0.6 is 8.19 Å². The van der Waals surface area contributed by atoms with E-state index in [9.17, 15) is 4.79 Å². The van der Waals surface area contributed by atoms with Gasteiger partial charge in [-0.1, -0.05) is 14.8 Å². The van der Waals surface area contributed by atoms with Crippen molar-refractivity contribution in [1.29, 1.82) is 0 Å². The van der Waals surface area contributed by atoms with Crippen LogP contribution in [-0.4, -0.2) is 10.5 Å². The summed E-state index contributed by atoms with van der Waals surface area (Å²) in [6.07, 6.45) is 3.10. The summed E-state index contributed by atoms with van der Waals surface area (Å²) in [5, 5.41) is 1.09. The van der Waals surface area contributed by atoms with Crippen LogP contribution in [0, 0.1) is 0 Å². The Morgan fingerprint density at radius 2 is 2.38 bits per heavy atom. The molecule has 0 atom stereocenters. The summed E-state index contributed by atoms with van der Waals surface area (Å²) in [6, 6.07) is 3.95. The molecule has 0 bridgehead atoms. The van der Waals surface area contributed by atoms with Crippen LogP contribution in [0.15, 0.2) is 42.6 Å². The average Bonchev–Trinajstić information content (AvgIpc) is 2.60. The van der Waals surface area contributed by atoms with Crippen molar-refractivity contribution in [2.24, 2.45) is 0 Å². The second-order valence-corrected chi connectivity index (χ2v) is 3.52. The molecule has 0 aromatic carbocycles. The fourth-order valence-corrected chi connectivity index (χ4v) is 2.01. The fourth-order valence-electron chi connectivity index (χ4n) is 1.26. The van der Waals surface area contributed by atoms with Gasteiger partial charge < -0.3 is 0 Å². The number of fused-ring (bicyclic) bond motifs is 1. The molecule has 2 heterocycles. The van der Waals surface area contributed by atoms with Crippen LogP contribution in [0.4, 0.5) is 0 Å². The number of allylic oxidation sites excluding steroid dienone is 1. The third-order valence-electron chi connectivity index (χ3n) is 1.91. The molecule has 2 aromatic rings. The molecule has 0 aliphatic carbocycles. The topological polar surface area (TPSA) is 22.0 Å². The molecule has 0 aliphatic heterocycles. The van der Waals surface area contributed by atoms with Crippen molar-refractivity contribution in [1.82, 2.24) is 4.57 Å². The Bertz CT molecular complexity index is 472. The van der Waals surface area contributed by atoms with Crippen LogP contribution in [0.5, 0.6) is 0 Å². The van der Waals surface area contributed by atoms with Crippen LogP contribution in [-0.2, 0) is 0 Å². The molecule has 0 unspecified atom stereocenters. The van der Waals surface area contributed by atoms with Gasteiger partial charge in [-0.25, -0.2) is 0 Å². The zero-order chi connectivity index (χ0) is 9.26. The number of rotatable bonds is 1. The molecule has 0 saturated carbocycles. The Hall–Kier alpha value is -1.40. The van der Waals surface area contributed by atoms with E-state index < -0.39 is 0 Å². The molecule has 0 radical (unpaired) electrons. The Kier molecular flexibility index (Phi) is 1.99. The second-order valence-electron chi connectivity index (χ2n) is 2.66. The van der Waals surface area contributed by atoms with E-state index in [0.717, 1.165) is 19.1 Å². The minimum Gasteiger partial charge on any atom is -0.283 e. The van der Waals surface area contributed by atoms with Gasteiger partial charge in [0.1, 0.15) is 0 Å². The molecule has 3 heteroatoms. The first kappa shape index (κ1) is 8.21. The molecular formula is C10H8NOP. The average molecular weight is 189 g/mol. The van der Waals surface area contributed by atoms with Gasteiger partial charge in [-0.15, -0.1) is 0 Å². The zero-order valence-corrected chi connectivity index (χ0v) is 7.87. The van der Waals surface area contributed by atoms with Crippen molar-refractivity contribution in [2.75, 3.05) is 0 Å². The van der Waals surface area contributed by atoms with E-state index in [4.69, 9.17) is 0 Å². The van der Waals surface area contributed by atoms with Crippen molar-refractivity contribution in [2.45, 2.75) is 0 Å². The van der Waals surface area contributed by atoms with Gasteiger partial charge in [0.25, 0.3) is 5.91 Å². The first-order valence-electron chi connectivity index (χ1n) is 3.91. The molecule has 0 aliphatic rings. The summed E-state index contributed by atoms with van der Waals surface area (Å²) in [6.45, 7) is 3.46. The van der Waals surface area contributed by atoms with E-state index >= 15 is 0 Å². The number of aromatic nitrogens is 1. The highest BCUT2D eigenvalue weighted by molar-refractivity contribution is 7.28. The first-order chi connectivity index (χ1) is 6.33. The predicted octanol–water partition coefficient (Wildman–Crippen LogP) is 3.05. The Morgan fingerprint density at radius 1 is 1.54 bits per heavy atom. The van der Waals surface area contributed by atoms with Crippen LogP contribution in [0.1, 0.15) is 4.79 Å². The second kappa shape index (κ2) is 3.15. The van der Waals surface area contributed by atoms with Gasteiger partial charge in [0, 0.05) is 11.6 Å². The van der Waals surface area contributed by atoms with E-state index in [0.29, 0.717) is 0 Å². The molecular weight excluding hydrogens is 181 g/mol. The summed E-state index contributed by atoms with van der Waals surface area (Å²) in [5.74, 6) is 3.98. The molecule has 0 fully saturated rings. The first-order valence-corrected chi connectivity index (χ1v) is 4.94. The molecule has 2 rings (SSSR count). The lowest BCUT2D eigenvalue weighted by atomic mass is 10.4. The molecule has 64 valence electrons. The minimum atomic E-state index is -0.0806. The molecule has 0 amide bonds. The Labute approximate surface area is 77.6 Å². The van der Waals surface area contributed by atoms with Gasteiger partial charge in [-0.05, 0) is 29.8 Å². The fraction of sp³-hybridized carbons (Fsp3) is 0. The van der Waals surface area contributed by atoms with Gasteiger partial charge in [-0.2, -0.15) is 0 Å². The lowest BCUT2D eigenvalue weighted by Gasteiger charge is -1.97. The summed E-state index contributed by atoms with van der Waals surface area (Å²) >= 11 is 0. The van der Waals surface area contributed by atoms with Crippen LogP contribution < -0.4 is 0 Å². The lowest BCUT2D eigenvalue weighted by molar-refractivity contribution is 0.0974. The van der Waals surface area contributed by atoms with E-state index in [1.807, 2.05) is 23.7 Å². The Balaban J connectivity index is 2.71. The van der Waals surface area contributed by atoms with Crippen LogP contribution in [0.3, 0.4) is 0 Å². The SMILES string of the molecule is C=CC(=O)n1ccc2ccpcc21. The van der Waals surface area contributed by atoms with Crippen molar-refractivity contribution < 1.29 is 4.79 Å². The molecule has 13 heavy (non-hydrogen) atoms.